The maximum absolute atomic E-state index is 9.32. The van der Waals surface area contributed by atoms with Crippen molar-refractivity contribution < 1.29 is 5.11 Å². The van der Waals surface area contributed by atoms with Gasteiger partial charge in [-0.1, -0.05) is 60.2 Å². The number of aliphatic hydroxyl groups is 1. The number of fused-ring (bicyclic) bond motifs is 1. The van der Waals surface area contributed by atoms with E-state index < -0.39 is 0 Å². The second-order valence-electron chi connectivity index (χ2n) is 7.63. The molecule has 4 rings (SSSR count). The van der Waals surface area contributed by atoms with Gasteiger partial charge in [-0.25, -0.2) is 0 Å². The average Bonchev–Trinajstić information content (AvgIpc) is 3.00. The van der Waals surface area contributed by atoms with Gasteiger partial charge in [0.1, 0.15) is 0 Å². The number of aliphatic hydroxyl groups excluding tert-OH is 1. The molecular weight excluding hydrogens is 358 g/mol. The first-order valence-electron chi connectivity index (χ1n) is 10.1. The summed E-state index contributed by atoms with van der Waals surface area (Å²) < 4.78 is 4.13. The van der Waals surface area contributed by atoms with E-state index in [1.165, 1.54) is 11.1 Å². The number of nitrogens with zero attached hydrogens (tertiary/aromatic N) is 2. The maximum Gasteiger partial charge on any atom is 0.208 e. The molecule has 4 nitrogen and oxygen atoms in total. The van der Waals surface area contributed by atoms with Crippen LogP contribution < -0.4 is 5.62 Å². The summed E-state index contributed by atoms with van der Waals surface area (Å²) in [6.45, 7) is 5.01. The Morgan fingerprint density at radius 1 is 0.862 bits per heavy atom. The highest BCUT2D eigenvalue weighted by Crippen LogP contribution is 2.25. The van der Waals surface area contributed by atoms with E-state index in [0.29, 0.717) is 18.6 Å². The molecule has 0 aliphatic carbocycles. The molecular formula is C25H27N3O. The molecule has 0 aliphatic rings. The molecule has 29 heavy (non-hydrogen) atoms. The van der Waals surface area contributed by atoms with E-state index in [1.54, 1.807) is 0 Å². The van der Waals surface area contributed by atoms with Crippen molar-refractivity contribution in [3.05, 3.63) is 94.6 Å². The minimum absolute atomic E-state index is 0.168. The molecule has 1 heterocycles. The molecule has 4 aromatic rings. The fourth-order valence-electron chi connectivity index (χ4n) is 4.00. The van der Waals surface area contributed by atoms with Crippen molar-refractivity contribution in [3.63, 3.8) is 0 Å². The lowest BCUT2D eigenvalue weighted by atomic mass is 10.0. The Morgan fingerprint density at radius 2 is 1.59 bits per heavy atom. The fraction of sp³-hybridized carbons (Fsp3) is 0.240. The van der Waals surface area contributed by atoms with Crippen molar-refractivity contribution in [1.82, 2.24) is 9.13 Å². The molecule has 1 aromatic heterocycles. The molecule has 0 spiro atoms. The summed E-state index contributed by atoms with van der Waals surface area (Å²) in [7, 11) is 0. The quantitative estimate of drug-likeness (QED) is 0.504. The number of benzene rings is 3. The van der Waals surface area contributed by atoms with E-state index >= 15 is 0 Å². The zero-order chi connectivity index (χ0) is 20.4. The highest BCUT2D eigenvalue weighted by atomic mass is 16.2. The van der Waals surface area contributed by atoms with Crippen LogP contribution in [0.1, 0.15) is 28.7 Å². The summed E-state index contributed by atoms with van der Waals surface area (Å²) >= 11 is 0. The van der Waals surface area contributed by atoms with Crippen LogP contribution in [0.5, 0.6) is 0 Å². The molecule has 2 N–H and O–H groups in total. The van der Waals surface area contributed by atoms with E-state index in [2.05, 4.69) is 77.6 Å². The van der Waals surface area contributed by atoms with Crippen molar-refractivity contribution in [2.45, 2.75) is 33.2 Å². The second kappa shape index (κ2) is 8.10. The number of imidazole rings is 1. The highest BCUT2D eigenvalue weighted by Gasteiger charge is 2.16. The predicted octanol–water partition coefficient (Wildman–Crippen LogP) is 4.50. The van der Waals surface area contributed by atoms with Crippen LogP contribution in [0.2, 0.25) is 0 Å². The van der Waals surface area contributed by atoms with Gasteiger partial charge in [0, 0.05) is 6.61 Å². The van der Waals surface area contributed by atoms with Gasteiger partial charge in [-0.2, -0.15) is 0 Å². The van der Waals surface area contributed by atoms with Crippen molar-refractivity contribution in [2.24, 2.45) is 0 Å². The van der Waals surface area contributed by atoms with Crippen LogP contribution in [0.3, 0.4) is 0 Å². The number of aromatic nitrogens is 2. The first kappa shape index (κ1) is 19.2. The molecule has 0 fully saturated rings. The standard InChI is InChI=1S/C25H27N3O/c1-18-12-14-20(15-13-18)17-27-22-10-3-4-11-23(22)28(25(27)26)24-19(2)7-5-8-21(24)9-6-16-29/h3-5,7-8,10-15,26,29H,6,9,16-17H2,1-2H3. The summed E-state index contributed by atoms with van der Waals surface area (Å²) in [5.74, 6) is 0. The lowest BCUT2D eigenvalue weighted by Crippen LogP contribution is -2.25. The largest absolute Gasteiger partial charge is 0.396 e. The van der Waals surface area contributed by atoms with Crippen LogP contribution >= 0.6 is 0 Å². The van der Waals surface area contributed by atoms with Gasteiger partial charge in [0.25, 0.3) is 0 Å². The normalized spacial score (nSPS) is 11.3. The first-order chi connectivity index (χ1) is 14.1. The number of hydrogen-bond acceptors (Lipinski definition) is 2. The van der Waals surface area contributed by atoms with E-state index in [0.717, 1.165) is 34.3 Å². The molecule has 4 heteroatoms. The van der Waals surface area contributed by atoms with E-state index in [4.69, 9.17) is 5.41 Å². The Morgan fingerprint density at radius 3 is 2.31 bits per heavy atom. The lowest BCUT2D eigenvalue weighted by molar-refractivity contribution is 0.288. The van der Waals surface area contributed by atoms with Gasteiger partial charge < -0.3 is 9.67 Å². The van der Waals surface area contributed by atoms with Gasteiger partial charge in [-0.3, -0.25) is 9.98 Å². The molecule has 0 amide bonds. The third kappa shape index (κ3) is 3.64. The fourth-order valence-corrected chi connectivity index (χ4v) is 4.00. The van der Waals surface area contributed by atoms with Crippen molar-refractivity contribution >= 4 is 11.0 Å². The topological polar surface area (TPSA) is 53.9 Å². The van der Waals surface area contributed by atoms with Crippen LogP contribution in [0.15, 0.2) is 66.7 Å². The molecule has 0 saturated carbocycles. The molecule has 0 atom stereocenters. The molecule has 3 aromatic carbocycles. The third-order valence-corrected chi connectivity index (χ3v) is 5.49. The van der Waals surface area contributed by atoms with Crippen LogP contribution in [0, 0.1) is 19.3 Å². The highest BCUT2D eigenvalue weighted by molar-refractivity contribution is 5.79. The van der Waals surface area contributed by atoms with Gasteiger partial charge in [0.05, 0.1) is 23.3 Å². The zero-order valence-corrected chi connectivity index (χ0v) is 17.0. The van der Waals surface area contributed by atoms with Gasteiger partial charge in [-0.05, 0) is 55.5 Å². The Labute approximate surface area is 171 Å². The monoisotopic (exact) mass is 385 g/mol. The van der Waals surface area contributed by atoms with E-state index in [9.17, 15) is 5.11 Å². The SMILES string of the molecule is Cc1ccc(Cn2c(=N)n(-c3c(C)cccc3CCCO)c3ccccc32)cc1. The number of rotatable bonds is 6. The number of hydrogen-bond donors (Lipinski definition) is 2. The van der Waals surface area contributed by atoms with Crippen molar-refractivity contribution in [2.75, 3.05) is 6.61 Å². The van der Waals surface area contributed by atoms with Crippen LogP contribution in [-0.4, -0.2) is 20.8 Å². The van der Waals surface area contributed by atoms with Gasteiger partial charge in [-0.15, -0.1) is 0 Å². The second-order valence-corrected chi connectivity index (χ2v) is 7.63. The summed E-state index contributed by atoms with van der Waals surface area (Å²) in [5, 5.41) is 18.4. The van der Waals surface area contributed by atoms with Gasteiger partial charge in [0.15, 0.2) is 0 Å². The Bertz CT molecular complexity index is 1200. The van der Waals surface area contributed by atoms with E-state index in [-0.39, 0.29) is 6.61 Å². The van der Waals surface area contributed by atoms with Crippen molar-refractivity contribution in [3.8, 4) is 5.69 Å². The number of para-hydroxylation sites is 3. The van der Waals surface area contributed by atoms with Crippen LogP contribution in [-0.2, 0) is 13.0 Å². The number of nitrogens with one attached hydrogen (secondary N) is 1. The summed E-state index contributed by atoms with van der Waals surface area (Å²) in [4.78, 5) is 0. The Balaban J connectivity index is 1.92. The van der Waals surface area contributed by atoms with E-state index in [1.807, 2.05) is 12.1 Å². The Hall–Kier alpha value is -3.11. The van der Waals surface area contributed by atoms with Crippen molar-refractivity contribution in [1.29, 1.82) is 5.41 Å². The van der Waals surface area contributed by atoms with Gasteiger partial charge in [0.2, 0.25) is 5.62 Å². The molecule has 0 bridgehead atoms. The molecule has 0 radical (unpaired) electrons. The zero-order valence-electron chi connectivity index (χ0n) is 17.0. The summed E-state index contributed by atoms with van der Waals surface area (Å²) in [6.07, 6.45) is 1.50. The molecule has 0 saturated heterocycles. The first-order valence-corrected chi connectivity index (χ1v) is 10.1. The summed E-state index contributed by atoms with van der Waals surface area (Å²) in [6, 6.07) is 23.0. The lowest BCUT2D eigenvalue weighted by Gasteiger charge is -2.14. The van der Waals surface area contributed by atoms with Crippen LogP contribution in [0.4, 0.5) is 0 Å². The number of aryl methyl sites for hydroxylation is 3. The average molecular weight is 386 g/mol. The predicted molar refractivity (Wildman–Crippen MR) is 118 cm³/mol. The maximum atomic E-state index is 9.32. The Kier molecular flexibility index (Phi) is 5.36. The van der Waals surface area contributed by atoms with Crippen LogP contribution in [0.25, 0.3) is 16.7 Å². The molecule has 0 aliphatic heterocycles. The molecule has 0 unspecified atom stereocenters. The van der Waals surface area contributed by atoms with Gasteiger partial charge >= 0.3 is 0 Å². The minimum atomic E-state index is 0.168. The third-order valence-electron chi connectivity index (χ3n) is 5.49. The minimum Gasteiger partial charge on any atom is -0.396 e. The summed E-state index contributed by atoms with van der Waals surface area (Å²) in [5.41, 5.74) is 8.32. The smallest absolute Gasteiger partial charge is 0.208 e. The molecule has 148 valence electrons.